The summed E-state index contributed by atoms with van der Waals surface area (Å²) in [5.41, 5.74) is 0.633. The van der Waals surface area contributed by atoms with Crippen LogP contribution in [0.15, 0.2) is 28.7 Å². The topological polar surface area (TPSA) is 76.3 Å². The molecule has 114 valence electrons. The van der Waals surface area contributed by atoms with Crippen molar-refractivity contribution in [3.8, 4) is 0 Å². The summed E-state index contributed by atoms with van der Waals surface area (Å²) in [6.07, 6.45) is 0.617. The van der Waals surface area contributed by atoms with Gasteiger partial charge in [0.25, 0.3) is 0 Å². The zero-order chi connectivity index (χ0) is 15.5. The van der Waals surface area contributed by atoms with Crippen LogP contribution < -0.4 is 0 Å². The molecule has 0 amide bonds. The van der Waals surface area contributed by atoms with Crippen LogP contribution in [0, 0.1) is 0 Å². The summed E-state index contributed by atoms with van der Waals surface area (Å²) in [4.78, 5) is 0. The second-order valence-corrected chi connectivity index (χ2v) is 7.10. The standard InChI is InChI=1S/C13H16ClN3O3S/c1-3-12-15-16-13(20-12)8-17(2)21(18,19)9-10-5-4-6-11(14)7-10/h4-7H,3,8-9H2,1-2H3. The van der Waals surface area contributed by atoms with Crippen LogP contribution in [-0.4, -0.2) is 30.0 Å². The van der Waals surface area contributed by atoms with Crippen molar-refractivity contribution in [3.63, 3.8) is 0 Å². The van der Waals surface area contributed by atoms with Gasteiger partial charge in [0.2, 0.25) is 21.8 Å². The number of aryl methyl sites for hydroxylation is 1. The minimum Gasteiger partial charge on any atom is -0.424 e. The first kappa shape index (κ1) is 15.9. The summed E-state index contributed by atoms with van der Waals surface area (Å²) < 4.78 is 31.1. The number of sulfonamides is 1. The molecular weight excluding hydrogens is 314 g/mol. The van der Waals surface area contributed by atoms with Crippen LogP contribution in [0.4, 0.5) is 0 Å². The quantitative estimate of drug-likeness (QED) is 0.812. The Morgan fingerprint density at radius 1 is 1.29 bits per heavy atom. The molecule has 21 heavy (non-hydrogen) atoms. The summed E-state index contributed by atoms with van der Waals surface area (Å²) in [6, 6.07) is 6.78. The molecule has 0 unspecified atom stereocenters. The molecule has 8 heteroatoms. The maximum absolute atomic E-state index is 12.3. The second kappa shape index (κ2) is 6.55. The third-order valence-corrected chi connectivity index (χ3v) is 4.89. The monoisotopic (exact) mass is 329 g/mol. The number of hydrogen-bond acceptors (Lipinski definition) is 5. The van der Waals surface area contributed by atoms with Gasteiger partial charge in [-0.2, -0.15) is 4.31 Å². The molecule has 2 aromatic rings. The van der Waals surface area contributed by atoms with Crippen molar-refractivity contribution in [2.75, 3.05) is 7.05 Å². The van der Waals surface area contributed by atoms with Crippen LogP contribution in [-0.2, 0) is 28.7 Å². The molecule has 0 saturated heterocycles. The van der Waals surface area contributed by atoms with Crippen LogP contribution >= 0.6 is 11.6 Å². The van der Waals surface area contributed by atoms with E-state index in [1.165, 1.54) is 11.4 Å². The highest BCUT2D eigenvalue weighted by Gasteiger charge is 2.21. The fourth-order valence-electron chi connectivity index (χ4n) is 1.73. The van der Waals surface area contributed by atoms with Gasteiger partial charge in [0, 0.05) is 18.5 Å². The van der Waals surface area contributed by atoms with Gasteiger partial charge in [-0.3, -0.25) is 0 Å². The Balaban J connectivity index is 2.07. The Hall–Kier alpha value is -1.44. The molecule has 2 rings (SSSR count). The molecular formula is C13H16ClN3O3S. The van der Waals surface area contributed by atoms with Gasteiger partial charge in [-0.1, -0.05) is 30.7 Å². The van der Waals surface area contributed by atoms with E-state index in [-0.39, 0.29) is 18.2 Å². The highest BCUT2D eigenvalue weighted by Crippen LogP contribution is 2.16. The Morgan fingerprint density at radius 2 is 2.00 bits per heavy atom. The van der Waals surface area contributed by atoms with Crippen LogP contribution in [0.1, 0.15) is 24.3 Å². The molecule has 0 aliphatic heterocycles. The first-order valence-electron chi connectivity index (χ1n) is 6.40. The third-order valence-electron chi connectivity index (χ3n) is 2.88. The molecule has 6 nitrogen and oxygen atoms in total. The molecule has 0 radical (unpaired) electrons. The predicted molar refractivity (Wildman–Crippen MR) is 79.2 cm³/mol. The first-order chi connectivity index (χ1) is 9.90. The molecule has 0 aliphatic rings. The van der Waals surface area contributed by atoms with Gasteiger partial charge < -0.3 is 4.42 Å². The van der Waals surface area contributed by atoms with Crippen molar-refractivity contribution in [1.29, 1.82) is 0 Å². The van der Waals surface area contributed by atoms with E-state index in [9.17, 15) is 8.42 Å². The van der Waals surface area contributed by atoms with Crippen molar-refractivity contribution >= 4 is 21.6 Å². The fourth-order valence-corrected chi connectivity index (χ4v) is 3.07. The Kier molecular flexibility index (Phi) is 4.97. The highest BCUT2D eigenvalue weighted by atomic mass is 35.5. The minimum atomic E-state index is -3.48. The lowest BCUT2D eigenvalue weighted by Gasteiger charge is -2.15. The van der Waals surface area contributed by atoms with Gasteiger partial charge in [0.1, 0.15) is 0 Å². The molecule has 0 aliphatic carbocycles. The minimum absolute atomic E-state index is 0.0515. The number of aromatic nitrogens is 2. The lowest BCUT2D eigenvalue weighted by Crippen LogP contribution is -2.27. The molecule has 1 heterocycles. The van der Waals surface area contributed by atoms with Crippen molar-refractivity contribution in [3.05, 3.63) is 46.6 Å². The van der Waals surface area contributed by atoms with Gasteiger partial charge >= 0.3 is 0 Å². The van der Waals surface area contributed by atoms with E-state index < -0.39 is 10.0 Å². The largest absolute Gasteiger partial charge is 0.424 e. The van der Waals surface area contributed by atoms with E-state index >= 15 is 0 Å². The maximum atomic E-state index is 12.3. The molecule has 0 spiro atoms. The van der Waals surface area contributed by atoms with Gasteiger partial charge in [-0.05, 0) is 17.7 Å². The lowest BCUT2D eigenvalue weighted by atomic mass is 10.2. The third kappa shape index (κ3) is 4.26. The number of benzene rings is 1. The number of halogens is 1. The summed E-state index contributed by atoms with van der Waals surface area (Å²) in [5, 5.41) is 8.14. The van der Waals surface area contributed by atoms with Crippen molar-refractivity contribution in [2.45, 2.75) is 25.6 Å². The van der Waals surface area contributed by atoms with Gasteiger partial charge in [-0.25, -0.2) is 8.42 Å². The molecule has 0 atom stereocenters. The van der Waals surface area contributed by atoms with E-state index in [1.807, 2.05) is 6.92 Å². The molecule has 0 fully saturated rings. The summed E-state index contributed by atoms with van der Waals surface area (Å²) in [7, 11) is -2.00. The molecule has 0 saturated carbocycles. The summed E-state index contributed by atoms with van der Waals surface area (Å²) in [5.74, 6) is 0.647. The number of nitrogens with zero attached hydrogens (tertiary/aromatic N) is 3. The second-order valence-electron chi connectivity index (χ2n) is 4.59. The fraction of sp³-hybridized carbons (Fsp3) is 0.385. The van der Waals surface area contributed by atoms with E-state index in [0.29, 0.717) is 22.9 Å². The zero-order valence-corrected chi connectivity index (χ0v) is 13.4. The normalized spacial score (nSPS) is 12.0. The SMILES string of the molecule is CCc1nnc(CN(C)S(=O)(=O)Cc2cccc(Cl)c2)o1. The van der Waals surface area contributed by atoms with Gasteiger partial charge in [-0.15, -0.1) is 10.2 Å². The van der Waals surface area contributed by atoms with E-state index in [2.05, 4.69) is 10.2 Å². The Labute approximate surface area is 128 Å². The summed E-state index contributed by atoms with van der Waals surface area (Å²) in [6.45, 7) is 1.94. The van der Waals surface area contributed by atoms with Crippen LogP contribution in [0.25, 0.3) is 0 Å². The van der Waals surface area contributed by atoms with Crippen LogP contribution in [0.3, 0.4) is 0 Å². The van der Waals surface area contributed by atoms with Crippen LogP contribution in [0.5, 0.6) is 0 Å². The molecule has 1 aromatic heterocycles. The highest BCUT2D eigenvalue weighted by molar-refractivity contribution is 7.88. The molecule has 0 N–H and O–H groups in total. The summed E-state index contributed by atoms with van der Waals surface area (Å²) >= 11 is 5.86. The number of hydrogen-bond donors (Lipinski definition) is 0. The van der Waals surface area contributed by atoms with E-state index in [0.717, 1.165) is 0 Å². The molecule has 0 bridgehead atoms. The predicted octanol–water partition coefficient (Wildman–Crippen LogP) is 2.25. The molecule has 1 aromatic carbocycles. The van der Waals surface area contributed by atoms with Crippen LogP contribution in [0.2, 0.25) is 5.02 Å². The van der Waals surface area contributed by atoms with Crippen molar-refractivity contribution in [2.24, 2.45) is 0 Å². The first-order valence-corrected chi connectivity index (χ1v) is 8.39. The average molecular weight is 330 g/mol. The average Bonchev–Trinajstić information content (AvgIpc) is 2.86. The van der Waals surface area contributed by atoms with Crippen molar-refractivity contribution in [1.82, 2.24) is 14.5 Å². The van der Waals surface area contributed by atoms with Gasteiger partial charge in [0.05, 0.1) is 12.3 Å². The number of rotatable bonds is 6. The van der Waals surface area contributed by atoms with E-state index in [1.54, 1.807) is 24.3 Å². The maximum Gasteiger partial charge on any atom is 0.231 e. The Bertz CT molecular complexity index is 715. The zero-order valence-electron chi connectivity index (χ0n) is 11.8. The van der Waals surface area contributed by atoms with E-state index in [4.69, 9.17) is 16.0 Å². The van der Waals surface area contributed by atoms with Crippen molar-refractivity contribution < 1.29 is 12.8 Å². The van der Waals surface area contributed by atoms with Gasteiger partial charge in [0.15, 0.2) is 0 Å². The lowest BCUT2D eigenvalue weighted by molar-refractivity contribution is 0.381. The smallest absolute Gasteiger partial charge is 0.231 e. The Morgan fingerprint density at radius 3 is 2.62 bits per heavy atom.